The first-order valence-corrected chi connectivity index (χ1v) is 4.59. The van der Waals surface area contributed by atoms with Crippen molar-refractivity contribution >= 4 is 25.0 Å². The number of methoxy groups -OCH3 is 1. The Morgan fingerprint density at radius 2 is 2.12 bits per heavy atom. The van der Waals surface area contributed by atoms with Crippen LogP contribution < -0.4 is 10.8 Å². The summed E-state index contributed by atoms with van der Waals surface area (Å²) in [5, 5.41) is 3.15. The van der Waals surface area contributed by atoms with E-state index in [-0.39, 0.29) is 16.9 Å². The molecule has 1 rings (SSSR count). The van der Waals surface area contributed by atoms with Gasteiger partial charge in [0.1, 0.15) is 7.85 Å². The van der Waals surface area contributed by atoms with Crippen LogP contribution in [-0.4, -0.2) is 38.4 Å². The van der Waals surface area contributed by atoms with E-state index < -0.39 is 0 Å². The highest BCUT2D eigenvalue weighted by Gasteiger charge is 1.98. The van der Waals surface area contributed by atoms with E-state index >= 15 is 0 Å². The predicted molar refractivity (Wildman–Crippen MR) is 67.0 cm³/mol. The average Bonchev–Trinajstić information content (AvgIpc) is 2.17. The second-order valence-corrected chi connectivity index (χ2v) is 3.12. The Kier molecular flexibility index (Phi) is 9.24. The van der Waals surface area contributed by atoms with Crippen molar-refractivity contribution in [3.8, 4) is 0 Å². The minimum atomic E-state index is -0.190. The summed E-state index contributed by atoms with van der Waals surface area (Å²) >= 11 is 0. The highest BCUT2D eigenvalue weighted by Crippen LogP contribution is 2.02. The standard InChI is InChI=1S/C10H14BNO2.2H2O/c1-14-10(13)5-6-12-9-4-2-3-8(11)7-9;;/h2-4,7,12H,5-6,11H2,1H3;2*1H2. The lowest BCUT2D eigenvalue weighted by Crippen LogP contribution is -2.11. The van der Waals surface area contributed by atoms with Crippen LogP contribution in [0.2, 0.25) is 0 Å². The molecule has 0 saturated heterocycles. The van der Waals surface area contributed by atoms with Crippen LogP contribution in [0.3, 0.4) is 0 Å². The average molecular weight is 227 g/mol. The maximum absolute atomic E-state index is 10.8. The summed E-state index contributed by atoms with van der Waals surface area (Å²) in [5.41, 5.74) is 2.24. The number of benzene rings is 1. The molecule has 0 saturated carbocycles. The van der Waals surface area contributed by atoms with Gasteiger partial charge < -0.3 is 21.0 Å². The van der Waals surface area contributed by atoms with Crippen LogP contribution in [0.1, 0.15) is 6.42 Å². The van der Waals surface area contributed by atoms with Crippen LogP contribution in [0, 0.1) is 0 Å². The molecule has 16 heavy (non-hydrogen) atoms. The van der Waals surface area contributed by atoms with Gasteiger partial charge in [-0.1, -0.05) is 17.6 Å². The Morgan fingerprint density at radius 1 is 1.44 bits per heavy atom. The highest BCUT2D eigenvalue weighted by atomic mass is 16.5. The van der Waals surface area contributed by atoms with Gasteiger partial charge in [-0.2, -0.15) is 0 Å². The molecule has 0 radical (unpaired) electrons. The maximum atomic E-state index is 10.8. The first kappa shape index (κ1) is 16.9. The van der Waals surface area contributed by atoms with Gasteiger partial charge in [0.15, 0.2) is 0 Å². The molecule has 0 bridgehead atoms. The Morgan fingerprint density at radius 3 is 2.69 bits per heavy atom. The number of rotatable bonds is 4. The van der Waals surface area contributed by atoms with E-state index in [2.05, 4.69) is 10.1 Å². The molecule has 0 atom stereocenters. The summed E-state index contributed by atoms with van der Waals surface area (Å²) in [5.74, 6) is -0.190. The molecule has 0 amide bonds. The van der Waals surface area contributed by atoms with Crippen molar-refractivity contribution in [1.82, 2.24) is 0 Å². The van der Waals surface area contributed by atoms with E-state index in [0.29, 0.717) is 13.0 Å². The van der Waals surface area contributed by atoms with Gasteiger partial charge in [0.25, 0.3) is 0 Å². The normalized spacial score (nSPS) is 8.31. The molecule has 90 valence electrons. The lowest BCUT2D eigenvalue weighted by atomic mass is 9.96. The van der Waals surface area contributed by atoms with E-state index in [1.807, 2.05) is 32.1 Å². The number of carbonyl (C=O) groups excluding carboxylic acids is 1. The fourth-order valence-corrected chi connectivity index (χ4v) is 1.17. The summed E-state index contributed by atoms with van der Waals surface area (Å²) in [6, 6.07) is 8.03. The summed E-state index contributed by atoms with van der Waals surface area (Å²) in [4.78, 5) is 10.8. The Balaban J connectivity index is 0. The predicted octanol–water partition coefficient (Wildman–Crippen LogP) is -1.73. The second kappa shape index (κ2) is 8.76. The third-order valence-corrected chi connectivity index (χ3v) is 1.90. The van der Waals surface area contributed by atoms with E-state index in [0.717, 1.165) is 5.69 Å². The zero-order valence-electron chi connectivity index (χ0n) is 9.54. The lowest BCUT2D eigenvalue weighted by Gasteiger charge is -2.05. The van der Waals surface area contributed by atoms with Gasteiger partial charge in [-0.25, -0.2) is 0 Å². The number of anilines is 1. The molecule has 0 fully saturated rings. The summed E-state index contributed by atoms with van der Waals surface area (Å²) < 4.78 is 4.53. The molecular weight excluding hydrogens is 209 g/mol. The first-order chi connectivity index (χ1) is 6.72. The molecule has 6 heteroatoms. The van der Waals surface area contributed by atoms with Crippen LogP contribution in [-0.2, 0) is 9.53 Å². The Hall–Kier alpha value is -1.53. The molecule has 0 aliphatic carbocycles. The molecule has 0 unspecified atom stereocenters. The Labute approximate surface area is 95.8 Å². The summed E-state index contributed by atoms with van der Waals surface area (Å²) in [6.45, 7) is 0.607. The van der Waals surface area contributed by atoms with Crippen LogP contribution in [0.4, 0.5) is 5.69 Å². The van der Waals surface area contributed by atoms with Gasteiger partial charge in [-0.15, -0.1) is 0 Å². The number of nitrogens with one attached hydrogen (secondary N) is 1. The Bertz CT molecular complexity index is 319. The molecular formula is C10H18BNO4. The van der Waals surface area contributed by atoms with Crippen molar-refractivity contribution < 1.29 is 20.5 Å². The van der Waals surface area contributed by atoms with Crippen LogP contribution in [0.5, 0.6) is 0 Å². The van der Waals surface area contributed by atoms with E-state index in [1.165, 1.54) is 12.6 Å². The minimum absolute atomic E-state index is 0. The van der Waals surface area contributed by atoms with Crippen molar-refractivity contribution in [3.63, 3.8) is 0 Å². The zero-order chi connectivity index (χ0) is 10.4. The van der Waals surface area contributed by atoms with Gasteiger partial charge in [0.05, 0.1) is 13.5 Å². The summed E-state index contributed by atoms with van der Waals surface area (Å²) in [7, 11) is 3.43. The summed E-state index contributed by atoms with van der Waals surface area (Å²) in [6.07, 6.45) is 0.393. The molecule has 0 heterocycles. The number of carbonyl (C=O) groups is 1. The molecule has 0 aliphatic rings. The van der Waals surface area contributed by atoms with Crippen molar-refractivity contribution in [2.24, 2.45) is 0 Å². The number of esters is 1. The van der Waals surface area contributed by atoms with Crippen LogP contribution in [0.25, 0.3) is 0 Å². The van der Waals surface area contributed by atoms with Crippen LogP contribution >= 0.6 is 0 Å². The smallest absolute Gasteiger partial charge is 0.307 e. The van der Waals surface area contributed by atoms with Gasteiger partial charge >= 0.3 is 5.97 Å². The fraction of sp³-hybridized carbons (Fsp3) is 0.300. The highest BCUT2D eigenvalue weighted by molar-refractivity contribution is 6.32. The first-order valence-electron chi connectivity index (χ1n) is 4.59. The topological polar surface area (TPSA) is 101 Å². The minimum Gasteiger partial charge on any atom is -0.469 e. The number of hydrogen-bond acceptors (Lipinski definition) is 3. The second-order valence-electron chi connectivity index (χ2n) is 3.12. The molecule has 5 nitrogen and oxygen atoms in total. The maximum Gasteiger partial charge on any atom is 0.307 e. The monoisotopic (exact) mass is 227 g/mol. The van der Waals surface area contributed by atoms with E-state index in [4.69, 9.17) is 0 Å². The van der Waals surface area contributed by atoms with E-state index in [9.17, 15) is 4.79 Å². The van der Waals surface area contributed by atoms with Crippen molar-refractivity contribution in [2.45, 2.75) is 6.42 Å². The van der Waals surface area contributed by atoms with Gasteiger partial charge in [0, 0.05) is 12.2 Å². The largest absolute Gasteiger partial charge is 0.469 e. The fourth-order valence-electron chi connectivity index (χ4n) is 1.17. The molecule has 0 spiro atoms. The lowest BCUT2D eigenvalue weighted by molar-refractivity contribution is -0.140. The number of hydrogen-bond donors (Lipinski definition) is 1. The molecule has 1 aromatic rings. The van der Waals surface area contributed by atoms with E-state index in [1.54, 1.807) is 0 Å². The molecule has 0 aromatic heterocycles. The SMILES string of the molecule is Bc1cccc(NCCC(=O)OC)c1.O.O. The zero-order valence-corrected chi connectivity index (χ0v) is 9.54. The molecule has 0 aliphatic heterocycles. The van der Waals surface area contributed by atoms with Gasteiger partial charge in [-0.05, 0) is 12.1 Å². The molecule has 1 aromatic carbocycles. The van der Waals surface area contributed by atoms with Crippen molar-refractivity contribution in [2.75, 3.05) is 19.0 Å². The van der Waals surface area contributed by atoms with Crippen molar-refractivity contribution in [1.29, 1.82) is 0 Å². The quantitative estimate of drug-likeness (QED) is 0.488. The van der Waals surface area contributed by atoms with Crippen molar-refractivity contribution in [3.05, 3.63) is 24.3 Å². The number of ether oxygens (including phenoxy) is 1. The third kappa shape index (κ3) is 6.05. The van der Waals surface area contributed by atoms with Crippen LogP contribution in [0.15, 0.2) is 24.3 Å². The third-order valence-electron chi connectivity index (χ3n) is 1.90. The van der Waals surface area contributed by atoms with Gasteiger partial charge in [-0.3, -0.25) is 4.79 Å². The molecule has 5 N–H and O–H groups in total. The van der Waals surface area contributed by atoms with Gasteiger partial charge in [0.2, 0.25) is 0 Å².